The van der Waals surface area contributed by atoms with E-state index in [1.54, 1.807) is 56.7 Å². The number of primary amides is 1. The van der Waals surface area contributed by atoms with Crippen molar-refractivity contribution in [1.29, 1.82) is 0 Å². The molecule has 166 valence electrons. The standard InChI is InChI=1S/C24H26N4O4/c1-31-20-12-18(13-21(14-20)32-2)22(24(26)29)28(15-16-6-4-3-5-7-16)19-10-8-17(9-11-19)23(25)27-30/h3-14,22,30H,15H2,1-2H3,(H2,25,27)(H2,26,29). The number of hydrogen-bond donors (Lipinski definition) is 3. The van der Waals surface area contributed by atoms with Gasteiger partial charge in [-0.1, -0.05) is 35.5 Å². The summed E-state index contributed by atoms with van der Waals surface area (Å²) in [6.07, 6.45) is 0. The zero-order valence-electron chi connectivity index (χ0n) is 17.9. The highest BCUT2D eigenvalue weighted by Crippen LogP contribution is 2.33. The maximum Gasteiger partial charge on any atom is 0.244 e. The zero-order chi connectivity index (χ0) is 23.1. The van der Waals surface area contributed by atoms with E-state index in [4.69, 9.17) is 26.1 Å². The molecule has 0 heterocycles. The van der Waals surface area contributed by atoms with E-state index in [1.807, 2.05) is 35.2 Å². The lowest BCUT2D eigenvalue weighted by Crippen LogP contribution is -2.37. The summed E-state index contributed by atoms with van der Waals surface area (Å²) in [5.41, 5.74) is 14.5. The summed E-state index contributed by atoms with van der Waals surface area (Å²) in [4.78, 5) is 14.6. The fourth-order valence-corrected chi connectivity index (χ4v) is 3.48. The number of amidine groups is 1. The van der Waals surface area contributed by atoms with Gasteiger partial charge in [0.05, 0.1) is 14.2 Å². The van der Waals surface area contributed by atoms with Crippen molar-refractivity contribution in [3.8, 4) is 11.5 Å². The van der Waals surface area contributed by atoms with Crippen molar-refractivity contribution in [2.75, 3.05) is 19.1 Å². The molecule has 3 rings (SSSR count). The lowest BCUT2D eigenvalue weighted by molar-refractivity contribution is -0.119. The van der Waals surface area contributed by atoms with Crippen LogP contribution in [0.5, 0.6) is 11.5 Å². The van der Waals surface area contributed by atoms with E-state index in [9.17, 15) is 4.79 Å². The molecule has 32 heavy (non-hydrogen) atoms. The molecule has 1 atom stereocenters. The second-order valence-corrected chi connectivity index (χ2v) is 7.10. The molecule has 1 unspecified atom stereocenters. The number of methoxy groups -OCH3 is 2. The van der Waals surface area contributed by atoms with Crippen LogP contribution in [0.15, 0.2) is 78.0 Å². The van der Waals surface area contributed by atoms with Gasteiger partial charge in [0.1, 0.15) is 17.5 Å². The Hall–Kier alpha value is -4.20. The third-order valence-corrected chi connectivity index (χ3v) is 5.07. The van der Waals surface area contributed by atoms with E-state index < -0.39 is 11.9 Å². The molecular weight excluding hydrogens is 408 g/mol. The largest absolute Gasteiger partial charge is 0.497 e. The van der Waals surface area contributed by atoms with Crippen LogP contribution >= 0.6 is 0 Å². The van der Waals surface area contributed by atoms with E-state index in [-0.39, 0.29) is 5.84 Å². The number of hydrogen-bond acceptors (Lipinski definition) is 6. The van der Waals surface area contributed by atoms with Crippen LogP contribution in [0.1, 0.15) is 22.7 Å². The number of carbonyl (C=O) groups is 1. The first kappa shape index (κ1) is 22.5. The molecule has 3 aromatic rings. The van der Waals surface area contributed by atoms with E-state index in [1.165, 1.54) is 0 Å². The van der Waals surface area contributed by atoms with Crippen molar-refractivity contribution in [3.63, 3.8) is 0 Å². The fraction of sp³-hybridized carbons (Fsp3) is 0.167. The van der Waals surface area contributed by atoms with E-state index in [0.29, 0.717) is 29.2 Å². The Morgan fingerprint density at radius 3 is 2.06 bits per heavy atom. The van der Waals surface area contributed by atoms with Gasteiger partial charge in [-0.15, -0.1) is 0 Å². The Bertz CT molecular complexity index is 1060. The van der Waals surface area contributed by atoms with Gasteiger partial charge in [0.25, 0.3) is 0 Å². The molecule has 0 spiro atoms. The normalized spacial score (nSPS) is 12.1. The minimum Gasteiger partial charge on any atom is -0.497 e. The lowest BCUT2D eigenvalue weighted by atomic mass is 10.0. The van der Waals surface area contributed by atoms with Crippen LogP contribution in [0.4, 0.5) is 5.69 Å². The summed E-state index contributed by atoms with van der Waals surface area (Å²) >= 11 is 0. The monoisotopic (exact) mass is 434 g/mol. The number of ether oxygens (including phenoxy) is 2. The van der Waals surface area contributed by atoms with E-state index in [0.717, 1.165) is 11.3 Å². The molecule has 8 nitrogen and oxygen atoms in total. The highest BCUT2D eigenvalue weighted by molar-refractivity contribution is 5.97. The quantitative estimate of drug-likeness (QED) is 0.206. The lowest BCUT2D eigenvalue weighted by Gasteiger charge is -2.32. The highest BCUT2D eigenvalue weighted by atomic mass is 16.5. The maximum atomic E-state index is 12.8. The first-order valence-electron chi connectivity index (χ1n) is 9.87. The predicted molar refractivity (Wildman–Crippen MR) is 123 cm³/mol. The molecule has 0 aliphatic rings. The van der Waals surface area contributed by atoms with Crippen molar-refractivity contribution in [2.45, 2.75) is 12.6 Å². The van der Waals surface area contributed by atoms with Crippen molar-refractivity contribution >= 4 is 17.4 Å². The number of nitrogens with two attached hydrogens (primary N) is 2. The summed E-state index contributed by atoms with van der Waals surface area (Å²) < 4.78 is 10.8. The average molecular weight is 434 g/mol. The number of oxime groups is 1. The van der Waals surface area contributed by atoms with Crippen LogP contribution < -0.4 is 25.8 Å². The van der Waals surface area contributed by atoms with Gasteiger partial charge in [-0.25, -0.2) is 0 Å². The zero-order valence-corrected chi connectivity index (χ0v) is 17.9. The molecule has 0 saturated carbocycles. The van der Waals surface area contributed by atoms with E-state index in [2.05, 4.69) is 5.16 Å². The van der Waals surface area contributed by atoms with Gasteiger partial charge in [0.2, 0.25) is 5.91 Å². The van der Waals surface area contributed by atoms with Gasteiger partial charge in [0, 0.05) is 23.9 Å². The summed E-state index contributed by atoms with van der Waals surface area (Å²) in [5, 5.41) is 12.0. The van der Waals surface area contributed by atoms with Gasteiger partial charge >= 0.3 is 0 Å². The molecule has 0 radical (unpaired) electrons. The third-order valence-electron chi connectivity index (χ3n) is 5.07. The molecule has 0 aliphatic heterocycles. The Morgan fingerprint density at radius 1 is 0.969 bits per heavy atom. The average Bonchev–Trinajstić information content (AvgIpc) is 2.83. The molecule has 0 bridgehead atoms. The van der Waals surface area contributed by atoms with Crippen molar-refractivity contribution in [3.05, 3.63) is 89.5 Å². The summed E-state index contributed by atoms with van der Waals surface area (Å²) in [6.45, 7) is 0.414. The van der Waals surface area contributed by atoms with Crippen molar-refractivity contribution in [1.82, 2.24) is 0 Å². The summed E-state index contributed by atoms with van der Waals surface area (Å²) in [7, 11) is 3.09. The second-order valence-electron chi connectivity index (χ2n) is 7.10. The third kappa shape index (κ3) is 5.10. The number of nitrogens with zero attached hydrogens (tertiary/aromatic N) is 2. The van der Waals surface area contributed by atoms with Crippen molar-refractivity contribution in [2.24, 2.45) is 16.6 Å². The molecular formula is C24H26N4O4. The fourth-order valence-electron chi connectivity index (χ4n) is 3.48. The smallest absolute Gasteiger partial charge is 0.244 e. The summed E-state index contributed by atoms with van der Waals surface area (Å²) in [6, 6.07) is 21.2. The second kappa shape index (κ2) is 10.2. The highest BCUT2D eigenvalue weighted by Gasteiger charge is 2.28. The number of anilines is 1. The van der Waals surface area contributed by atoms with Gasteiger partial charge in [-0.3, -0.25) is 4.79 Å². The van der Waals surface area contributed by atoms with Crippen LogP contribution in [-0.4, -0.2) is 31.2 Å². The van der Waals surface area contributed by atoms with Crippen LogP contribution in [0, 0.1) is 0 Å². The van der Waals surface area contributed by atoms with Gasteiger partial charge < -0.3 is 31.0 Å². The van der Waals surface area contributed by atoms with Crippen LogP contribution in [0.3, 0.4) is 0 Å². The molecule has 5 N–H and O–H groups in total. The van der Waals surface area contributed by atoms with Crippen LogP contribution in [-0.2, 0) is 11.3 Å². The predicted octanol–water partition coefficient (Wildman–Crippen LogP) is 3.03. The molecule has 0 aliphatic carbocycles. The number of carbonyl (C=O) groups excluding carboxylic acids is 1. The molecule has 8 heteroatoms. The van der Waals surface area contributed by atoms with E-state index >= 15 is 0 Å². The number of amides is 1. The van der Waals surface area contributed by atoms with Crippen LogP contribution in [0.2, 0.25) is 0 Å². The van der Waals surface area contributed by atoms with Crippen molar-refractivity contribution < 1.29 is 19.5 Å². The minimum absolute atomic E-state index is 0.00450. The SMILES string of the molecule is COc1cc(OC)cc(C(C(N)=O)N(Cc2ccccc2)c2ccc(/C(N)=N/O)cc2)c1. The molecule has 0 fully saturated rings. The minimum atomic E-state index is -0.811. The molecule has 0 saturated heterocycles. The molecule has 0 aromatic heterocycles. The molecule has 1 amide bonds. The topological polar surface area (TPSA) is 123 Å². The maximum absolute atomic E-state index is 12.8. The Kier molecular flexibility index (Phi) is 7.17. The first-order valence-corrected chi connectivity index (χ1v) is 9.87. The Labute approximate surface area is 186 Å². The van der Waals surface area contributed by atoms with Crippen LogP contribution in [0.25, 0.3) is 0 Å². The van der Waals surface area contributed by atoms with Gasteiger partial charge in [-0.2, -0.15) is 0 Å². The molecule has 3 aromatic carbocycles. The first-order chi connectivity index (χ1) is 15.5. The Morgan fingerprint density at radius 2 is 1.56 bits per heavy atom. The Balaban J connectivity index is 2.12. The number of rotatable bonds is 9. The van der Waals surface area contributed by atoms with Gasteiger partial charge in [0.15, 0.2) is 5.84 Å². The number of benzene rings is 3. The summed E-state index contributed by atoms with van der Waals surface area (Å²) in [5.74, 6) is 0.562. The van der Waals surface area contributed by atoms with Gasteiger partial charge in [-0.05, 0) is 47.5 Å².